The van der Waals surface area contributed by atoms with Crippen molar-refractivity contribution < 1.29 is 14.4 Å². The lowest BCUT2D eigenvalue weighted by molar-refractivity contribution is -0.127. The van der Waals surface area contributed by atoms with E-state index in [0.717, 1.165) is 19.4 Å². The monoisotopic (exact) mass is 351 g/mol. The second kappa shape index (κ2) is 8.82. The number of likely N-dealkylation sites (tertiary alicyclic amines) is 1. The van der Waals surface area contributed by atoms with Gasteiger partial charge in [0.15, 0.2) is 0 Å². The molecule has 1 aromatic heterocycles. The van der Waals surface area contributed by atoms with E-state index >= 15 is 0 Å². The van der Waals surface area contributed by atoms with Crippen molar-refractivity contribution in [1.29, 1.82) is 0 Å². The summed E-state index contributed by atoms with van der Waals surface area (Å²) in [5.41, 5.74) is 0. The summed E-state index contributed by atoms with van der Waals surface area (Å²) < 4.78 is 0. The van der Waals surface area contributed by atoms with E-state index in [2.05, 4.69) is 10.6 Å². The average molecular weight is 351 g/mol. The number of amides is 3. The van der Waals surface area contributed by atoms with Gasteiger partial charge in [0.05, 0.1) is 4.88 Å². The maximum atomic E-state index is 12.3. The smallest absolute Gasteiger partial charge is 0.262 e. The highest BCUT2D eigenvalue weighted by Crippen LogP contribution is 2.11. The Morgan fingerprint density at radius 3 is 2.75 bits per heavy atom. The van der Waals surface area contributed by atoms with Crippen LogP contribution in [0.25, 0.3) is 0 Å². The first-order valence-electron chi connectivity index (χ1n) is 8.39. The second-order valence-corrected chi connectivity index (χ2v) is 7.25. The molecule has 0 saturated carbocycles. The minimum Gasteiger partial charge on any atom is -0.354 e. The predicted molar refractivity (Wildman–Crippen MR) is 93.9 cm³/mol. The Hall–Kier alpha value is -1.89. The molecule has 0 aromatic carbocycles. The van der Waals surface area contributed by atoms with Gasteiger partial charge in [0.25, 0.3) is 5.91 Å². The van der Waals surface area contributed by atoms with Gasteiger partial charge >= 0.3 is 0 Å². The first-order chi connectivity index (χ1) is 11.5. The fourth-order valence-electron chi connectivity index (χ4n) is 2.69. The zero-order chi connectivity index (χ0) is 17.5. The Labute approximate surface area is 146 Å². The molecule has 0 aliphatic carbocycles. The van der Waals surface area contributed by atoms with Gasteiger partial charge in [-0.3, -0.25) is 14.4 Å². The zero-order valence-corrected chi connectivity index (χ0v) is 15.0. The molecule has 1 aliphatic rings. The van der Waals surface area contributed by atoms with Crippen LogP contribution in [0, 0.1) is 5.92 Å². The SMILES string of the molecule is CC(C)C(NC(=O)c1cccs1)C(=O)NCCCN1CCCC1=O. The van der Waals surface area contributed by atoms with Gasteiger partial charge in [0, 0.05) is 26.1 Å². The van der Waals surface area contributed by atoms with Gasteiger partial charge < -0.3 is 15.5 Å². The number of nitrogens with zero attached hydrogens (tertiary/aromatic N) is 1. The van der Waals surface area contributed by atoms with E-state index in [-0.39, 0.29) is 23.6 Å². The molecule has 0 spiro atoms. The minimum atomic E-state index is -0.562. The maximum Gasteiger partial charge on any atom is 0.262 e. The van der Waals surface area contributed by atoms with E-state index in [0.29, 0.717) is 24.4 Å². The number of nitrogens with one attached hydrogen (secondary N) is 2. The molecule has 1 atom stereocenters. The summed E-state index contributed by atoms with van der Waals surface area (Å²) >= 11 is 1.35. The third-order valence-corrected chi connectivity index (χ3v) is 4.92. The lowest BCUT2D eigenvalue weighted by Crippen LogP contribution is -2.50. The van der Waals surface area contributed by atoms with E-state index in [1.54, 1.807) is 6.07 Å². The van der Waals surface area contributed by atoms with Crippen LogP contribution in [0.2, 0.25) is 0 Å². The summed E-state index contributed by atoms with van der Waals surface area (Å²) in [7, 11) is 0. The summed E-state index contributed by atoms with van der Waals surface area (Å²) in [6.07, 6.45) is 2.28. The number of thiophene rings is 1. The quantitative estimate of drug-likeness (QED) is 0.699. The van der Waals surface area contributed by atoms with Crippen LogP contribution in [0.5, 0.6) is 0 Å². The molecule has 1 aromatic rings. The summed E-state index contributed by atoms with van der Waals surface area (Å²) in [5, 5.41) is 7.50. The summed E-state index contributed by atoms with van der Waals surface area (Å²) in [6, 6.07) is 2.99. The molecule has 1 unspecified atom stereocenters. The predicted octanol–water partition coefficient (Wildman–Crippen LogP) is 1.63. The molecule has 24 heavy (non-hydrogen) atoms. The fourth-order valence-corrected chi connectivity index (χ4v) is 3.31. The summed E-state index contributed by atoms with van der Waals surface area (Å²) in [5.74, 6) is -0.206. The van der Waals surface area contributed by atoms with E-state index in [1.165, 1.54) is 11.3 Å². The number of carbonyl (C=O) groups excluding carboxylic acids is 3. The summed E-state index contributed by atoms with van der Waals surface area (Å²) in [6.45, 7) is 5.80. The lowest BCUT2D eigenvalue weighted by atomic mass is 10.0. The van der Waals surface area contributed by atoms with E-state index in [9.17, 15) is 14.4 Å². The van der Waals surface area contributed by atoms with Crippen LogP contribution < -0.4 is 10.6 Å². The molecule has 6 nitrogen and oxygen atoms in total. The Morgan fingerprint density at radius 2 is 2.17 bits per heavy atom. The first kappa shape index (κ1) is 18.4. The second-order valence-electron chi connectivity index (χ2n) is 6.30. The van der Waals surface area contributed by atoms with Crippen LogP contribution in [0.1, 0.15) is 42.8 Å². The molecule has 1 aliphatic heterocycles. The number of hydrogen-bond donors (Lipinski definition) is 2. The van der Waals surface area contributed by atoms with Gasteiger partial charge in [-0.15, -0.1) is 11.3 Å². The largest absolute Gasteiger partial charge is 0.354 e. The van der Waals surface area contributed by atoms with E-state index in [1.807, 2.05) is 30.2 Å². The van der Waals surface area contributed by atoms with Gasteiger partial charge in [-0.05, 0) is 30.2 Å². The molecule has 2 rings (SSSR count). The maximum absolute atomic E-state index is 12.3. The van der Waals surface area contributed by atoms with Gasteiger partial charge in [-0.2, -0.15) is 0 Å². The van der Waals surface area contributed by atoms with Crippen LogP contribution >= 0.6 is 11.3 Å². The van der Waals surface area contributed by atoms with Crippen molar-refractivity contribution in [2.45, 2.75) is 39.2 Å². The van der Waals surface area contributed by atoms with Gasteiger partial charge in [0.1, 0.15) is 6.04 Å². The van der Waals surface area contributed by atoms with Crippen LogP contribution in [-0.4, -0.2) is 48.3 Å². The van der Waals surface area contributed by atoms with Crippen molar-refractivity contribution in [2.75, 3.05) is 19.6 Å². The molecule has 7 heteroatoms. The molecule has 0 radical (unpaired) electrons. The number of rotatable bonds is 8. The Balaban J connectivity index is 1.76. The molecule has 2 heterocycles. The Kier molecular flexibility index (Phi) is 6.78. The Bertz CT molecular complexity index is 572. The number of carbonyl (C=O) groups is 3. The highest BCUT2D eigenvalue weighted by Gasteiger charge is 2.25. The standard InChI is InChI=1S/C17H25N3O3S/c1-12(2)15(19-16(22)13-6-4-11-24-13)17(23)18-8-5-10-20-9-3-7-14(20)21/h4,6,11-12,15H,3,5,7-10H2,1-2H3,(H,18,23)(H,19,22). The zero-order valence-electron chi connectivity index (χ0n) is 14.2. The normalized spacial score (nSPS) is 15.6. The third kappa shape index (κ3) is 5.06. The molecule has 1 fully saturated rings. The highest BCUT2D eigenvalue weighted by atomic mass is 32.1. The van der Waals surface area contributed by atoms with Gasteiger partial charge in [-0.1, -0.05) is 19.9 Å². The van der Waals surface area contributed by atoms with Crippen LogP contribution in [0.3, 0.4) is 0 Å². The van der Waals surface area contributed by atoms with E-state index in [4.69, 9.17) is 0 Å². The number of hydrogen-bond acceptors (Lipinski definition) is 4. The highest BCUT2D eigenvalue weighted by molar-refractivity contribution is 7.12. The van der Waals surface area contributed by atoms with Crippen molar-refractivity contribution in [3.05, 3.63) is 22.4 Å². The van der Waals surface area contributed by atoms with Crippen molar-refractivity contribution in [3.8, 4) is 0 Å². The molecule has 0 bridgehead atoms. The van der Waals surface area contributed by atoms with Crippen LogP contribution in [0.4, 0.5) is 0 Å². The molecule has 2 N–H and O–H groups in total. The minimum absolute atomic E-state index is 0.00549. The van der Waals surface area contributed by atoms with Crippen LogP contribution in [0.15, 0.2) is 17.5 Å². The van der Waals surface area contributed by atoms with Crippen LogP contribution in [-0.2, 0) is 9.59 Å². The molecular formula is C17H25N3O3S. The first-order valence-corrected chi connectivity index (χ1v) is 9.27. The fraction of sp³-hybridized carbons (Fsp3) is 0.588. The molecule has 3 amide bonds. The van der Waals surface area contributed by atoms with Crippen molar-refractivity contribution in [1.82, 2.24) is 15.5 Å². The average Bonchev–Trinajstić information content (AvgIpc) is 3.20. The molecule has 132 valence electrons. The molecular weight excluding hydrogens is 326 g/mol. The molecule has 1 saturated heterocycles. The van der Waals surface area contributed by atoms with Gasteiger partial charge in [0.2, 0.25) is 11.8 Å². The van der Waals surface area contributed by atoms with Crippen molar-refractivity contribution in [2.24, 2.45) is 5.92 Å². The van der Waals surface area contributed by atoms with Crippen molar-refractivity contribution in [3.63, 3.8) is 0 Å². The van der Waals surface area contributed by atoms with Crippen molar-refractivity contribution >= 4 is 29.1 Å². The third-order valence-electron chi connectivity index (χ3n) is 4.06. The Morgan fingerprint density at radius 1 is 1.38 bits per heavy atom. The summed E-state index contributed by atoms with van der Waals surface area (Å²) in [4.78, 5) is 38.4. The lowest BCUT2D eigenvalue weighted by Gasteiger charge is -2.22. The topological polar surface area (TPSA) is 78.5 Å². The van der Waals surface area contributed by atoms with E-state index < -0.39 is 6.04 Å². The van der Waals surface area contributed by atoms with Gasteiger partial charge in [-0.25, -0.2) is 0 Å².